The van der Waals surface area contributed by atoms with Gasteiger partial charge in [-0.05, 0) is 71.3 Å². The molecule has 0 aromatic carbocycles. The van der Waals surface area contributed by atoms with Gasteiger partial charge in [-0.3, -0.25) is 4.79 Å². The minimum Gasteiger partial charge on any atom is -0.505 e. The van der Waals surface area contributed by atoms with E-state index in [1.54, 1.807) is 12.2 Å². The van der Waals surface area contributed by atoms with E-state index in [2.05, 4.69) is 39.2 Å². The van der Waals surface area contributed by atoms with Crippen molar-refractivity contribution in [2.45, 2.75) is 72.3 Å². The molecule has 0 fully saturated rings. The van der Waals surface area contributed by atoms with Crippen LogP contribution in [0.15, 0.2) is 59.9 Å². The highest BCUT2D eigenvalue weighted by Crippen LogP contribution is 2.43. The van der Waals surface area contributed by atoms with Gasteiger partial charge in [0.15, 0.2) is 5.76 Å². The van der Waals surface area contributed by atoms with Crippen LogP contribution in [0.4, 0.5) is 0 Å². The average Bonchev–Trinajstić information content (AvgIpc) is 2.82. The van der Waals surface area contributed by atoms with Crippen molar-refractivity contribution >= 4 is 5.78 Å². The van der Waals surface area contributed by atoms with Crippen LogP contribution < -0.4 is 0 Å². The Labute approximate surface area is 164 Å². The Bertz CT molecular complexity index is 651. The van der Waals surface area contributed by atoms with Crippen molar-refractivity contribution in [3.05, 3.63) is 59.9 Å². The molecular formula is C24H36O3. The lowest BCUT2D eigenvalue weighted by Gasteiger charge is -2.28. The summed E-state index contributed by atoms with van der Waals surface area (Å²) in [5, 5.41) is 19.6. The maximum Gasteiger partial charge on any atom is 0.203 e. The van der Waals surface area contributed by atoms with Gasteiger partial charge in [0.25, 0.3) is 0 Å². The Morgan fingerprint density at radius 3 is 2.48 bits per heavy atom. The molecule has 3 nitrogen and oxygen atoms in total. The van der Waals surface area contributed by atoms with Gasteiger partial charge in [-0.2, -0.15) is 0 Å². The number of carbonyl (C=O) groups is 1. The average molecular weight is 373 g/mol. The Kier molecular flexibility index (Phi) is 8.98. The first kappa shape index (κ1) is 23.2. The van der Waals surface area contributed by atoms with Crippen LogP contribution in [0.1, 0.15) is 66.2 Å². The fourth-order valence-corrected chi connectivity index (χ4v) is 3.41. The molecule has 0 aromatic heterocycles. The van der Waals surface area contributed by atoms with Crippen LogP contribution in [-0.4, -0.2) is 22.1 Å². The second-order valence-electron chi connectivity index (χ2n) is 8.17. The first-order valence-electron chi connectivity index (χ1n) is 9.83. The van der Waals surface area contributed by atoms with Crippen LogP contribution in [0.5, 0.6) is 0 Å². The van der Waals surface area contributed by atoms with Gasteiger partial charge in [0.1, 0.15) is 0 Å². The maximum atomic E-state index is 12.4. The summed E-state index contributed by atoms with van der Waals surface area (Å²) in [6.07, 6.45) is 12.2. The molecule has 0 bridgehead atoms. The molecule has 3 atom stereocenters. The Hall–Kier alpha value is -1.87. The Morgan fingerprint density at radius 2 is 1.89 bits per heavy atom. The van der Waals surface area contributed by atoms with Gasteiger partial charge in [0.05, 0.1) is 6.10 Å². The van der Waals surface area contributed by atoms with Crippen molar-refractivity contribution in [2.24, 2.45) is 11.3 Å². The van der Waals surface area contributed by atoms with Crippen molar-refractivity contribution in [3.8, 4) is 0 Å². The molecule has 0 saturated carbocycles. The van der Waals surface area contributed by atoms with Crippen molar-refractivity contribution in [1.82, 2.24) is 0 Å². The van der Waals surface area contributed by atoms with Gasteiger partial charge >= 0.3 is 0 Å². The predicted octanol–water partition coefficient (Wildman–Crippen LogP) is 5.99. The van der Waals surface area contributed by atoms with Crippen LogP contribution in [0.2, 0.25) is 0 Å². The summed E-state index contributed by atoms with van der Waals surface area (Å²) in [6.45, 7) is 15.5. The number of ketones is 1. The first-order chi connectivity index (χ1) is 12.6. The molecule has 0 unspecified atom stereocenters. The van der Waals surface area contributed by atoms with Gasteiger partial charge in [0, 0.05) is 5.41 Å². The molecule has 3 heteroatoms. The third-order valence-corrected chi connectivity index (χ3v) is 5.64. The van der Waals surface area contributed by atoms with Gasteiger partial charge in [0.2, 0.25) is 5.78 Å². The van der Waals surface area contributed by atoms with E-state index in [0.29, 0.717) is 19.3 Å². The lowest BCUT2D eigenvalue weighted by Crippen LogP contribution is -2.30. The van der Waals surface area contributed by atoms with Gasteiger partial charge < -0.3 is 10.2 Å². The van der Waals surface area contributed by atoms with Crippen molar-refractivity contribution < 1.29 is 15.0 Å². The lowest BCUT2D eigenvalue weighted by atomic mass is 9.73. The van der Waals surface area contributed by atoms with Crippen LogP contribution in [-0.2, 0) is 4.79 Å². The molecule has 0 amide bonds. The van der Waals surface area contributed by atoms with E-state index in [1.807, 2.05) is 13.8 Å². The van der Waals surface area contributed by atoms with Crippen molar-refractivity contribution in [2.75, 3.05) is 0 Å². The zero-order valence-electron chi connectivity index (χ0n) is 17.4. The van der Waals surface area contributed by atoms with Gasteiger partial charge in [-0.1, -0.05) is 48.5 Å². The van der Waals surface area contributed by atoms with E-state index >= 15 is 0 Å². The number of carbonyl (C=O) groups excluding carboxylic acids is 1. The fourth-order valence-electron chi connectivity index (χ4n) is 3.41. The normalized spacial score (nSPS) is 24.7. The minimum atomic E-state index is -0.579. The number of rotatable bonds is 11. The van der Waals surface area contributed by atoms with Crippen LogP contribution in [0, 0.1) is 11.3 Å². The van der Waals surface area contributed by atoms with Crippen LogP contribution in [0.25, 0.3) is 0 Å². The fraction of sp³-hybridized carbons (Fsp3) is 0.542. The highest BCUT2D eigenvalue weighted by Gasteiger charge is 2.45. The molecule has 1 rings (SSSR count). The first-order valence-corrected chi connectivity index (χ1v) is 9.83. The van der Waals surface area contributed by atoms with E-state index < -0.39 is 11.5 Å². The molecule has 150 valence electrons. The second-order valence-corrected chi connectivity index (χ2v) is 8.17. The number of hydrogen-bond donors (Lipinski definition) is 2. The maximum absolute atomic E-state index is 12.4. The summed E-state index contributed by atoms with van der Waals surface area (Å²) in [5.74, 6) is -0.260. The third-order valence-electron chi connectivity index (χ3n) is 5.64. The van der Waals surface area contributed by atoms with E-state index in [1.165, 1.54) is 11.1 Å². The zero-order valence-corrected chi connectivity index (χ0v) is 17.4. The van der Waals surface area contributed by atoms with Crippen LogP contribution in [0.3, 0.4) is 0 Å². The number of aliphatic hydroxyl groups excluding tert-OH is 2. The summed E-state index contributed by atoms with van der Waals surface area (Å²) in [7, 11) is 0. The topological polar surface area (TPSA) is 57.5 Å². The summed E-state index contributed by atoms with van der Waals surface area (Å²) in [4.78, 5) is 12.4. The molecule has 0 heterocycles. The predicted molar refractivity (Wildman–Crippen MR) is 114 cm³/mol. The molecule has 0 spiro atoms. The van der Waals surface area contributed by atoms with Crippen molar-refractivity contribution in [3.63, 3.8) is 0 Å². The quantitative estimate of drug-likeness (QED) is 0.438. The summed E-state index contributed by atoms with van der Waals surface area (Å²) in [6, 6.07) is 0. The van der Waals surface area contributed by atoms with E-state index in [0.717, 1.165) is 24.8 Å². The van der Waals surface area contributed by atoms with E-state index in [9.17, 15) is 15.0 Å². The monoisotopic (exact) mass is 372 g/mol. The number of aliphatic hydroxyl groups is 2. The second kappa shape index (κ2) is 10.5. The van der Waals surface area contributed by atoms with E-state index in [-0.39, 0.29) is 17.5 Å². The molecular weight excluding hydrogens is 336 g/mol. The molecule has 1 aliphatic carbocycles. The highest BCUT2D eigenvalue weighted by molar-refractivity contribution is 6.00. The standard InChI is InChI=1S/C24H36O3/c1-7-9-20-16-22(26)23(27)24(20,6)15-14-19(5)11-8-10-18(4)12-13-21(25)17(2)3/h7,10,14,16,20-21,25-26H,1-2,8-9,11-13,15H2,3-6H3/b18-10+,19-14+/t20-,21+,24+/m1/s1. The third kappa shape index (κ3) is 6.66. The van der Waals surface area contributed by atoms with E-state index in [4.69, 9.17) is 0 Å². The summed E-state index contributed by atoms with van der Waals surface area (Å²) >= 11 is 0. The number of allylic oxidation sites excluding steroid dienone is 7. The molecule has 0 aliphatic heterocycles. The summed E-state index contributed by atoms with van der Waals surface area (Å²) in [5.41, 5.74) is 2.76. The SMILES string of the molecule is C=CC[C@@H]1C=C(O)C(=O)[C@@]1(C)C/C=C(\C)CC/C=C(\C)CC[C@H](O)C(=C)C. The van der Waals surface area contributed by atoms with Gasteiger partial charge in [-0.15, -0.1) is 6.58 Å². The van der Waals surface area contributed by atoms with Gasteiger partial charge in [-0.25, -0.2) is 0 Å². The van der Waals surface area contributed by atoms with Crippen molar-refractivity contribution in [1.29, 1.82) is 0 Å². The molecule has 0 radical (unpaired) electrons. The van der Waals surface area contributed by atoms with Crippen LogP contribution >= 0.6 is 0 Å². The molecule has 2 N–H and O–H groups in total. The zero-order chi connectivity index (χ0) is 20.6. The summed E-state index contributed by atoms with van der Waals surface area (Å²) < 4.78 is 0. The minimum absolute atomic E-state index is 0.00781. The smallest absolute Gasteiger partial charge is 0.203 e. The lowest BCUT2D eigenvalue weighted by molar-refractivity contribution is -0.126. The number of Topliss-reactive ketones (excluding diaryl/α,β-unsaturated/α-hetero) is 1. The number of hydrogen-bond acceptors (Lipinski definition) is 3. The molecule has 27 heavy (non-hydrogen) atoms. The Morgan fingerprint density at radius 1 is 1.26 bits per heavy atom. The largest absolute Gasteiger partial charge is 0.505 e. The molecule has 0 saturated heterocycles. The Balaban J connectivity index is 2.55. The molecule has 0 aromatic rings. The molecule has 1 aliphatic rings. The highest BCUT2D eigenvalue weighted by atomic mass is 16.3.